The molecule has 0 saturated heterocycles. The molecule has 0 aliphatic heterocycles. The van der Waals surface area contributed by atoms with Gasteiger partial charge in [0.05, 0.1) is 0 Å². The van der Waals surface area contributed by atoms with Crippen molar-refractivity contribution in [1.82, 2.24) is 15.0 Å². The van der Waals surface area contributed by atoms with Gasteiger partial charge in [0.2, 0.25) is 10.0 Å². The highest BCUT2D eigenvalue weighted by Crippen LogP contribution is 2.29. The van der Waals surface area contributed by atoms with Crippen molar-refractivity contribution in [3.05, 3.63) is 18.2 Å². The van der Waals surface area contributed by atoms with Crippen LogP contribution in [0.5, 0.6) is 0 Å². The van der Waals surface area contributed by atoms with Gasteiger partial charge < -0.3 is 0 Å². The van der Waals surface area contributed by atoms with Crippen LogP contribution in [0.15, 0.2) is 27.7 Å². The summed E-state index contributed by atoms with van der Waals surface area (Å²) < 4.78 is 32.6. The van der Waals surface area contributed by atoms with E-state index in [1.807, 2.05) is 13.8 Å². The molecule has 21 heavy (non-hydrogen) atoms. The first kappa shape index (κ1) is 15.9. The second-order valence-corrected chi connectivity index (χ2v) is 8.77. The van der Waals surface area contributed by atoms with E-state index in [1.165, 1.54) is 6.07 Å². The molecule has 0 fully saturated rings. The van der Waals surface area contributed by atoms with Crippen molar-refractivity contribution in [2.45, 2.75) is 51.5 Å². The van der Waals surface area contributed by atoms with Gasteiger partial charge in [0, 0.05) is 5.54 Å². The standard InChI is InChI=1S/C14H21N3O3S/c1-13(2,3)9-14(4,5)17-21(18,19)11-8-6-7-10-12(11)16-20-15-10/h6-8,17H,9H2,1-5H3. The molecule has 1 aromatic carbocycles. The fraction of sp³-hybridized carbons (Fsp3) is 0.571. The lowest BCUT2D eigenvalue weighted by Gasteiger charge is -2.32. The molecule has 116 valence electrons. The van der Waals surface area contributed by atoms with Gasteiger partial charge in [-0.15, -0.1) is 0 Å². The van der Waals surface area contributed by atoms with Gasteiger partial charge in [-0.2, -0.15) is 0 Å². The third-order valence-corrected chi connectivity index (χ3v) is 4.65. The summed E-state index contributed by atoms with van der Waals surface area (Å²) in [6.45, 7) is 9.97. The van der Waals surface area contributed by atoms with Crippen LogP contribution < -0.4 is 4.72 Å². The minimum Gasteiger partial charge on any atom is -0.243 e. The fourth-order valence-electron chi connectivity index (χ4n) is 2.78. The summed E-state index contributed by atoms with van der Waals surface area (Å²) in [5, 5.41) is 7.35. The van der Waals surface area contributed by atoms with Crippen molar-refractivity contribution in [3.8, 4) is 0 Å². The molecule has 0 atom stereocenters. The van der Waals surface area contributed by atoms with Gasteiger partial charge in [-0.3, -0.25) is 0 Å². The zero-order chi connectivity index (χ0) is 15.9. The Morgan fingerprint density at radius 3 is 2.43 bits per heavy atom. The largest absolute Gasteiger partial charge is 0.243 e. The molecule has 0 unspecified atom stereocenters. The van der Waals surface area contributed by atoms with Gasteiger partial charge >= 0.3 is 0 Å². The van der Waals surface area contributed by atoms with Gasteiger partial charge in [-0.05, 0) is 48.1 Å². The number of hydrogen-bond acceptors (Lipinski definition) is 5. The van der Waals surface area contributed by atoms with Crippen molar-refractivity contribution in [2.75, 3.05) is 0 Å². The van der Waals surface area contributed by atoms with Crippen molar-refractivity contribution >= 4 is 21.1 Å². The second kappa shape index (κ2) is 5.06. The van der Waals surface area contributed by atoms with Crippen LogP contribution in [0.1, 0.15) is 41.0 Å². The Labute approximate surface area is 124 Å². The Hall–Kier alpha value is -1.47. The van der Waals surface area contributed by atoms with E-state index in [-0.39, 0.29) is 15.8 Å². The van der Waals surface area contributed by atoms with Crippen LogP contribution in [0.2, 0.25) is 0 Å². The van der Waals surface area contributed by atoms with Crippen molar-refractivity contribution < 1.29 is 13.0 Å². The maximum absolute atomic E-state index is 12.6. The highest BCUT2D eigenvalue weighted by molar-refractivity contribution is 7.89. The predicted octanol–water partition coefficient (Wildman–Crippen LogP) is 2.72. The van der Waals surface area contributed by atoms with Crippen LogP contribution in [-0.4, -0.2) is 24.3 Å². The summed E-state index contributed by atoms with van der Waals surface area (Å²) in [7, 11) is -3.70. The second-order valence-electron chi connectivity index (χ2n) is 7.11. The highest BCUT2D eigenvalue weighted by Gasteiger charge is 2.31. The minimum atomic E-state index is -3.70. The monoisotopic (exact) mass is 311 g/mol. The summed E-state index contributed by atoms with van der Waals surface area (Å²) in [5.41, 5.74) is 0.104. The molecular weight excluding hydrogens is 290 g/mol. The molecule has 0 spiro atoms. The van der Waals surface area contributed by atoms with E-state index < -0.39 is 15.6 Å². The van der Waals surface area contributed by atoms with Crippen molar-refractivity contribution in [2.24, 2.45) is 5.41 Å². The summed E-state index contributed by atoms with van der Waals surface area (Å²) in [4.78, 5) is 0.0863. The molecule has 0 radical (unpaired) electrons. The number of aromatic nitrogens is 2. The quantitative estimate of drug-likeness (QED) is 0.938. The molecule has 0 aliphatic carbocycles. The third kappa shape index (κ3) is 3.79. The summed E-state index contributed by atoms with van der Waals surface area (Å²) in [6, 6.07) is 4.78. The van der Waals surface area contributed by atoms with Crippen LogP contribution in [0.25, 0.3) is 11.0 Å². The van der Waals surface area contributed by atoms with Crippen LogP contribution in [0.3, 0.4) is 0 Å². The fourth-order valence-corrected chi connectivity index (χ4v) is 4.34. The van der Waals surface area contributed by atoms with E-state index in [9.17, 15) is 8.42 Å². The first-order valence-corrected chi connectivity index (χ1v) is 8.24. The zero-order valence-electron chi connectivity index (χ0n) is 13.0. The first-order chi connectivity index (χ1) is 9.50. The molecule has 1 aromatic heterocycles. The van der Waals surface area contributed by atoms with E-state index in [1.54, 1.807) is 12.1 Å². The van der Waals surface area contributed by atoms with E-state index in [0.717, 1.165) is 0 Å². The predicted molar refractivity (Wildman–Crippen MR) is 80.3 cm³/mol. The number of nitrogens with one attached hydrogen (secondary N) is 1. The lowest BCUT2D eigenvalue weighted by molar-refractivity contribution is 0.269. The van der Waals surface area contributed by atoms with Gasteiger partial charge in [0.15, 0.2) is 5.52 Å². The Morgan fingerprint density at radius 1 is 1.14 bits per heavy atom. The van der Waals surface area contributed by atoms with Crippen LogP contribution >= 0.6 is 0 Å². The summed E-state index contributed by atoms with van der Waals surface area (Å²) in [5.74, 6) is 0. The van der Waals surface area contributed by atoms with E-state index >= 15 is 0 Å². The third-order valence-electron chi connectivity index (χ3n) is 2.92. The number of rotatable bonds is 4. The minimum absolute atomic E-state index is 0.00742. The molecule has 2 rings (SSSR count). The zero-order valence-corrected chi connectivity index (χ0v) is 13.8. The van der Waals surface area contributed by atoms with Gasteiger partial charge in [-0.1, -0.05) is 26.8 Å². The Balaban J connectivity index is 2.37. The average Bonchev–Trinajstić information content (AvgIpc) is 2.70. The molecule has 0 bridgehead atoms. The Kier molecular flexibility index (Phi) is 3.84. The molecular formula is C14H21N3O3S. The Morgan fingerprint density at radius 2 is 1.81 bits per heavy atom. The van der Waals surface area contributed by atoms with Crippen molar-refractivity contribution in [1.29, 1.82) is 0 Å². The number of nitrogens with zero attached hydrogens (tertiary/aromatic N) is 2. The van der Waals surface area contributed by atoms with E-state index in [0.29, 0.717) is 11.9 Å². The lowest BCUT2D eigenvalue weighted by atomic mass is 9.82. The number of sulfonamides is 1. The molecule has 6 nitrogen and oxygen atoms in total. The topological polar surface area (TPSA) is 85.1 Å². The highest BCUT2D eigenvalue weighted by atomic mass is 32.2. The normalized spacial score (nSPS) is 13.8. The number of benzene rings is 1. The molecule has 0 aliphatic rings. The van der Waals surface area contributed by atoms with Crippen molar-refractivity contribution in [3.63, 3.8) is 0 Å². The lowest BCUT2D eigenvalue weighted by Crippen LogP contribution is -2.45. The van der Waals surface area contributed by atoms with Crippen LogP contribution in [0.4, 0.5) is 0 Å². The smallest absolute Gasteiger partial charge is 0.243 e. The van der Waals surface area contributed by atoms with Gasteiger partial charge in [0.1, 0.15) is 10.4 Å². The van der Waals surface area contributed by atoms with Crippen LogP contribution in [0, 0.1) is 5.41 Å². The molecule has 0 amide bonds. The maximum atomic E-state index is 12.6. The number of hydrogen-bond donors (Lipinski definition) is 1. The van der Waals surface area contributed by atoms with E-state index in [2.05, 4.69) is 40.4 Å². The first-order valence-electron chi connectivity index (χ1n) is 6.76. The van der Waals surface area contributed by atoms with Gasteiger partial charge in [0.25, 0.3) is 0 Å². The molecule has 7 heteroatoms. The number of fused-ring (bicyclic) bond motifs is 1. The molecule has 2 aromatic rings. The van der Waals surface area contributed by atoms with Crippen LogP contribution in [-0.2, 0) is 10.0 Å². The van der Waals surface area contributed by atoms with Gasteiger partial charge in [-0.25, -0.2) is 17.8 Å². The Bertz CT molecular complexity index is 742. The molecule has 1 N–H and O–H groups in total. The summed E-state index contributed by atoms with van der Waals surface area (Å²) >= 11 is 0. The average molecular weight is 311 g/mol. The van der Waals surface area contributed by atoms with E-state index in [4.69, 9.17) is 0 Å². The summed E-state index contributed by atoms with van der Waals surface area (Å²) in [6.07, 6.45) is 0.701. The SMILES string of the molecule is CC(C)(C)CC(C)(C)NS(=O)(=O)c1cccc2nonc12. The molecule has 0 saturated carbocycles. The maximum Gasteiger partial charge on any atom is 0.243 e. The molecule has 1 heterocycles.